The van der Waals surface area contributed by atoms with Crippen LogP contribution >= 0.6 is 0 Å². The summed E-state index contributed by atoms with van der Waals surface area (Å²) in [7, 11) is 0. The highest BCUT2D eigenvalue weighted by molar-refractivity contribution is 5.85. The highest BCUT2D eigenvalue weighted by Gasteiger charge is 2.15. The molecule has 1 aliphatic heterocycles. The minimum absolute atomic E-state index is 0.691. The Balaban J connectivity index is 1.74. The molecule has 2 rings (SSSR count). The van der Waals surface area contributed by atoms with Gasteiger partial charge in [0.15, 0.2) is 0 Å². The molecular formula is C17H23NO3. The number of ether oxygens (including phenoxy) is 1. The molecule has 1 fully saturated rings. The van der Waals surface area contributed by atoms with Gasteiger partial charge in [-0.15, -0.1) is 0 Å². The second kappa shape index (κ2) is 7.84. The molecular weight excluding hydrogens is 266 g/mol. The monoisotopic (exact) mass is 289 g/mol. The Kier molecular flexibility index (Phi) is 5.81. The van der Waals surface area contributed by atoms with Crippen molar-refractivity contribution in [2.75, 3.05) is 26.2 Å². The van der Waals surface area contributed by atoms with Crippen LogP contribution in [0, 0.1) is 5.92 Å². The second-order valence-electron chi connectivity index (χ2n) is 5.64. The number of hydrogen-bond donors (Lipinski definition) is 1. The van der Waals surface area contributed by atoms with Crippen LogP contribution in [0.3, 0.4) is 0 Å². The van der Waals surface area contributed by atoms with E-state index >= 15 is 0 Å². The van der Waals surface area contributed by atoms with Crippen molar-refractivity contribution in [3.63, 3.8) is 0 Å². The highest BCUT2D eigenvalue weighted by atomic mass is 16.5. The number of carboxylic acid groups (broad SMARTS) is 1. The van der Waals surface area contributed by atoms with E-state index in [1.165, 1.54) is 25.9 Å². The summed E-state index contributed by atoms with van der Waals surface area (Å²) in [4.78, 5) is 12.9. The van der Waals surface area contributed by atoms with Gasteiger partial charge in [-0.3, -0.25) is 4.90 Å². The predicted octanol–water partition coefficient (Wildman–Crippen LogP) is 2.90. The molecule has 1 saturated heterocycles. The van der Waals surface area contributed by atoms with Gasteiger partial charge in [-0.1, -0.05) is 19.1 Å². The summed E-state index contributed by atoms with van der Waals surface area (Å²) in [6.45, 7) is 6.30. The molecule has 4 heteroatoms. The number of rotatable bonds is 6. The number of likely N-dealkylation sites (tertiary alicyclic amines) is 1. The van der Waals surface area contributed by atoms with E-state index in [1.54, 1.807) is 6.08 Å². The zero-order chi connectivity index (χ0) is 15.1. The van der Waals surface area contributed by atoms with Gasteiger partial charge in [0.25, 0.3) is 0 Å². The SMILES string of the molecule is CC1CCCN(CCOc2ccc(/C=C/C(=O)O)cc2)C1. The van der Waals surface area contributed by atoms with Crippen LogP contribution in [0.5, 0.6) is 5.75 Å². The number of nitrogens with zero attached hydrogens (tertiary/aromatic N) is 1. The molecule has 1 unspecified atom stereocenters. The van der Waals surface area contributed by atoms with Gasteiger partial charge in [-0.2, -0.15) is 0 Å². The maximum Gasteiger partial charge on any atom is 0.328 e. The minimum atomic E-state index is -0.939. The molecule has 1 atom stereocenters. The molecule has 1 N–H and O–H groups in total. The number of benzene rings is 1. The van der Waals surface area contributed by atoms with E-state index in [1.807, 2.05) is 24.3 Å². The largest absolute Gasteiger partial charge is 0.492 e. The molecule has 0 aliphatic carbocycles. The lowest BCUT2D eigenvalue weighted by Crippen LogP contribution is -2.37. The molecule has 0 radical (unpaired) electrons. The summed E-state index contributed by atoms with van der Waals surface area (Å²) in [5.74, 6) is 0.678. The number of piperidine rings is 1. The van der Waals surface area contributed by atoms with Crippen LogP contribution in [0.4, 0.5) is 0 Å². The second-order valence-corrected chi connectivity index (χ2v) is 5.64. The van der Waals surface area contributed by atoms with Crippen LogP contribution in [-0.4, -0.2) is 42.2 Å². The molecule has 0 bridgehead atoms. The van der Waals surface area contributed by atoms with Crippen molar-refractivity contribution in [2.24, 2.45) is 5.92 Å². The van der Waals surface area contributed by atoms with Crippen molar-refractivity contribution in [1.29, 1.82) is 0 Å². The van der Waals surface area contributed by atoms with Gasteiger partial charge in [0, 0.05) is 19.2 Å². The number of hydrogen-bond acceptors (Lipinski definition) is 3. The van der Waals surface area contributed by atoms with Crippen molar-refractivity contribution in [3.8, 4) is 5.75 Å². The van der Waals surface area contributed by atoms with E-state index in [0.717, 1.165) is 29.9 Å². The molecule has 0 spiro atoms. The Morgan fingerprint density at radius 1 is 1.43 bits per heavy atom. The third-order valence-corrected chi connectivity index (χ3v) is 3.72. The summed E-state index contributed by atoms with van der Waals surface area (Å²) in [5.41, 5.74) is 0.856. The molecule has 1 heterocycles. The van der Waals surface area contributed by atoms with Crippen LogP contribution in [0.25, 0.3) is 6.08 Å². The Morgan fingerprint density at radius 2 is 2.19 bits per heavy atom. The van der Waals surface area contributed by atoms with Gasteiger partial charge in [0.05, 0.1) is 0 Å². The molecule has 0 aromatic heterocycles. The fourth-order valence-electron chi connectivity index (χ4n) is 2.63. The standard InChI is InChI=1S/C17H23NO3/c1-14-3-2-10-18(13-14)11-12-21-16-7-4-15(5-8-16)6-9-17(19)20/h4-9,14H,2-3,10-13H2,1H3,(H,19,20)/b9-6+. The Morgan fingerprint density at radius 3 is 2.86 bits per heavy atom. The van der Waals surface area contributed by atoms with Crippen molar-refractivity contribution < 1.29 is 14.6 Å². The molecule has 0 amide bonds. The number of carbonyl (C=O) groups is 1. The van der Waals surface area contributed by atoms with Crippen LogP contribution in [0.1, 0.15) is 25.3 Å². The zero-order valence-electron chi connectivity index (χ0n) is 12.5. The van der Waals surface area contributed by atoms with Crippen LogP contribution < -0.4 is 4.74 Å². The lowest BCUT2D eigenvalue weighted by molar-refractivity contribution is -0.131. The van der Waals surface area contributed by atoms with Gasteiger partial charge < -0.3 is 9.84 Å². The molecule has 4 nitrogen and oxygen atoms in total. The maximum atomic E-state index is 10.4. The predicted molar refractivity (Wildman–Crippen MR) is 83.4 cm³/mol. The van der Waals surface area contributed by atoms with Gasteiger partial charge in [-0.25, -0.2) is 4.79 Å². The van der Waals surface area contributed by atoms with Crippen molar-refractivity contribution in [1.82, 2.24) is 4.90 Å². The topological polar surface area (TPSA) is 49.8 Å². The average Bonchev–Trinajstić information content (AvgIpc) is 2.46. The lowest BCUT2D eigenvalue weighted by Gasteiger charge is -2.30. The van der Waals surface area contributed by atoms with E-state index in [0.29, 0.717) is 6.61 Å². The van der Waals surface area contributed by atoms with Crippen LogP contribution in [0.2, 0.25) is 0 Å². The van der Waals surface area contributed by atoms with E-state index in [-0.39, 0.29) is 0 Å². The quantitative estimate of drug-likeness (QED) is 0.818. The van der Waals surface area contributed by atoms with Crippen LogP contribution in [-0.2, 0) is 4.79 Å². The van der Waals surface area contributed by atoms with Crippen molar-refractivity contribution in [3.05, 3.63) is 35.9 Å². The summed E-state index contributed by atoms with van der Waals surface area (Å²) < 4.78 is 5.74. The van der Waals surface area contributed by atoms with E-state index < -0.39 is 5.97 Å². The Bertz CT molecular complexity index is 481. The van der Waals surface area contributed by atoms with Gasteiger partial charge in [-0.05, 0) is 49.1 Å². The van der Waals surface area contributed by atoms with Crippen LogP contribution in [0.15, 0.2) is 30.3 Å². The first-order valence-electron chi connectivity index (χ1n) is 7.50. The fourth-order valence-corrected chi connectivity index (χ4v) is 2.63. The minimum Gasteiger partial charge on any atom is -0.492 e. The number of aliphatic carboxylic acids is 1. The number of carboxylic acids is 1. The molecule has 0 saturated carbocycles. The highest BCUT2D eigenvalue weighted by Crippen LogP contribution is 2.16. The summed E-state index contributed by atoms with van der Waals surface area (Å²) in [5, 5.41) is 8.57. The normalized spacial score (nSPS) is 19.8. The zero-order valence-corrected chi connectivity index (χ0v) is 12.5. The first-order chi connectivity index (χ1) is 10.1. The van der Waals surface area contributed by atoms with E-state index in [2.05, 4.69) is 11.8 Å². The molecule has 21 heavy (non-hydrogen) atoms. The third-order valence-electron chi connectivity index (χ3n) is 3.72. The summed E-state index contributed by atoms with van der Waals surface area (Å²) in [6, 6.07) is 7.47. The van der Waals surface area contributed by atoms with Crippen molar-refractivity contribution in [2.45, 2.75) is 19.8 Å². The Labute approximate surface area is 126 Å². The summed E-state index contributed by atoms with van der Waals surface area (Å²) in [6.07, 6.45) is 5.32. The van der Waals surface area contributed by atoms with Gasteiger partial charge in [0.2, 0.25) is 0 Å². The third kappa shape index (κ3) is 5.60. The van der Waals surface area contributed by atoms with E-state index in [4.69, 9.17) is 9.84 Å². The lowest BCUT2D eigenvalue weighted by atomic mass is 10.0. The first kappa shape index (κ1) is 15.6. The maximum absolute atomic E-state index is 10.4. The van der Waals surface area contributed by atoms with Gasteiger partial charge >= 0.3 is 5.97 Å². The van der Waals surface area contributed by atoms with E-state index in [9.17, 15) is 4.79 Å². The fraction of sp³-hybridized carbons (Fsp3) is 0.471. The molecule has 1 aliphatic rings. The molecule has 1 aromatic rings. The molecule has 1 aromatic carbocycles. The summed E-state index contributed by atoms with van der Waals surface area (Å²) >= 11 is 0. The molecule has 114 valence electrons. The first-order valence-corrected chi connectivity index (χ1v) is 7.50. The van der Waals surface area contributed by atoms with Gasteiger partial charge in [0.1, 0.15) is 12.4 Å². The van der Waals surface area contributed by atoms with Crippen molar-refractivity contribution >= 4 is 12.0 Å². The average molecular weight is 289 g/mol. The smallest absolute Gasteiger partial charge is 0.328 e. The Hall–Kier alpha value is -1.81.